The van der Waals surface area contributed by atoms with Gasteiger partial charge in [-0.05, 0) is 146 Å². The normalized spacial score (nSPS) is 21.6. The van der Waals surface area contributed by atoms with Crippen molar-refractivity contribution in [3.05, 3.63) is 155 Å². The first-order valence-electron chi connectivity index (χ1n) is 23.0. The lowest BCUT2D eigenvalue weighted by atomic mass is 9.96. The monoisotopic (exact) mass is 859 g/mol. The fraction of sp³-hybridized carbons (Fsp3) is 0.393. The number of carbonyl (C=O) groups excluding carboxylic acids is 2. The summed E-state index contributed by atoms with van der Waals surface area (Å²) in [6.45, 7) is 12.0. The Balaban J connectivity index is 0.000000172. The molecule has 2 saturated carbocycles. The molecule has 6 aromatic rings. The van der Waals surface area contributed by atoms with Crippen LogP contribution < -0.4 is 25.4 Å². The first-order chi connectivity index (χ1) is 30.5. The lowest BCUT2D eigenvalue weighted by Crippen LogP contribution is -2.35. The second-order valence-electron chi connectivity index (χ2n) is 19.1. The number of likely N-dealkylation sites (tertiary alicyclic amines) is 1. The molecule has 6 aromatic carbocycles. The average molecular weight is 859 g/mol. The second kappa shape index (κ2) is 18.8. The van der Waals surface area contributed by atoms with E-state index in [0.29, 0.717) is 48.3 Å². The van der Waals surface area contributed by atoms with E-state index in [4.69, 9.17) is 9.47 Å². The summed E-state index contributed by atoms with van der Waals surface area (Å²) >= 11 is 0. The Hall–Kier alpha value is -5.70. The fourth-order valence-electron chi connectivity index (χ4n) is 9.99. The van der Waals surface area contributed by atoms with Crippen molar-refractivity contribution in [2.75, 3.05) is 33.4 Å². The van der Waals surface area contributed by atoms with Crippen molar-refractivity contribution >= 4 is 33.4 Å². The SMILES string of the molecule is C.Cc1ccc(OCC2C[C@@H](C)CN2C)cc1C(=O)NC1(c2cccc3ccccc23)CC1.Cc1ccc(OC[C@H]2C[C@@H](C)CN2)cc1C(=O)NC1(c2cccc3ccccc23)CC1. The fourth-order valence-corrected chi connectivity index (χ4v) is 9.99. The minimum absolute atomic E-state index is 0. The number of hydrogen-bond acceptors (Lipinski definition) is 6. The van der Waals surface area contributed by atoms with Crippen molar-refractivity contribution < 1.29 is 19.1 Å². The maximum atomic E-state index is 13.4. The molecule has 4 aliphatic rings. The molecule has 2 aliphatic carbocycles. The van der Waals surface area contributed by atoms with Gasteiger partial charge in [-0.15, -0.1) is 0 Å². The van der Waals surface area contributed by atoms with Gasteiger partial charge in [-0.3, -0.25) is 14.5 Å². The van der Waals surface area contributed by atoms with E-state index in [2.05, 4.69) is 127 Å². The number of carbonyl (C=O) groups is 2. The van der Waals surface area contributed by atoms with Crippen molar-refractivity contribution in [3.8, 4) is 11.5 Å². The van der Waals surface area contributed by atoms with Crippen LogP contribution in [-0.4, -0.2) is 62.1 Å². The van der Waals surface area contributed by atoms with E-state index in [9.17, 15) is 9.59 Å². The van der Waals surface area contributed by atoms with Gasteiger partial charge in [0.1, 0.15) is 24.7 Å². The molecule has 4 atom stereocenters. The molecule has 2 amide bonds. The van der Waals surface area contributed by atoms with Crippen molar-refractivity contribution in [1.82, 2.24) is 20.9 Å². The van der Waals surface area contributed by atoms with E-state index < -0.39 is 0 Å². The van der Waals surface area contributed by atoms with Gasteiger partial charge in [-0.2, -0.15) is 0 Å². The Morgan fingerprint density at radius 1 is 0.641 bits per heavy atom. The molecule has 0 radical (unpaired) electrons. The number of rotatable bonds is 12. The summed E-state index contributed by atoms with van der Waals surface area (Å²) in [5.41, 5.74) is 5.20. The Kier molecular flexibility index (Phi) is 13.2. The number of ether oxygens (including phenoxy) is 2. The van der Waals surface area contributed by atoms with Crippen molar-refractivity contribution in [2.45, 2.75) is 96.8 Å². The Labute approximate surface area is 380 Å². The third-order valence-electron chi connectivity index (χ3n) is 14.0. The summed E-state index contributed by atoms with van der Waals surface area (Å²) in [7, 11) is 2.16. The van der Waals surface area contributed by atoms with E-state index in [1.54, 1.807) is 0 Å². The minimum Gasteiger partial charge on any atom is -0.492 e. The van der Waals surface area contributed by atoms with Crippen LogP contribution in [0.5, 0.6) is 11.5 Å². The highest BCUT2D eigenvalue weighted by Gasteiger charge is 2.48. The molecule has 0 aromatic heterocycles. The van der Waals surface area contributed by atoms with Gasteiger partial charge >= 0.3 is 0 Å². The van der Waals surface area contributed by atoms with Crippen LogP contribution in [0.15, 0.2) is 121 Å². The summed E-state index contributed by atoms with van der Waals surface area (Å²) in [5, 5.41) is 15.1. The summed E-state index contributed by atoms with van der Waals surface area (Å²) in [6, 6.07) is 42.0. The van der Waals surface area contributed by atoms with E-state index in [0.717, 1.165) is 74.2 Å². The third-order valence-corrected chi connectivity index (χ3v) is 14.0. The van der Waals surface area contributed by atoms with Gasteiger partial charge in [0.25, 0.3) is 11.8 Å². The zero-order valence-corrected chi connectivity index (χ0v) is 37.5. The number of amides is 2. The van der Waals surface area contributed by atoms with Gasteiger partial charge in [-0.25, -0.2) is 0 Å². The van der Waals surface area contributed by atoms with Gasteiger partial charge in [-0.1, -0.05) is 118 Å². The Morgan fingerprint density at radius 2 is 1.12 bits per heavy atom. The molecule has 4 fully saturated rings. The molecule has 334 valence electrons. The molecule has 0 spiro atoms. The lowest BCUT2D eigenvalue weighted by Gasteiger charge is -2.22. The molecular formula is C56H66N4O4. The van der Waals surface area contributed by atoms with E-state index >= 15 is 0 Å². The standard InChI is InChI=1S/C28H32N2O2.C27H30N2O2.CH4/c1-19-15-22(30(3)17-19)18-32-23-12-11-20(2)25(16-23)27(31)29-28(13-14-28)26-10-6-8-21-7-4-5-9-24(21)26;1-18-14-21(28-16-18)17-31-22-11-10-19(2)24(15-22)26(30)29-27(12-13-27)25-9-5-7-20-6-3-4-8-23(20)25;/h4-12,16,19,22H,13-15,17-18H2,1-3H3,(H,29,31);3-11,15,18,21,28H,12-14,16-17H2,1-2H3,(H,29,30);1H4/t19-,22?;18-,21-;/m11./s1. The van der Waals surface area contributed by atoms with E-state index in [1.165, 1.54) is 32.7 Å². The Bertz CT molecular complexity index is 2620. The van der Waals surface area contributed by atoms with Crippen molar-refractivity contribution in [3.63, 3.8) is 0 Å². The van der Waals surface area contributed by atoms with E-state index in [-0.39, 0.29) is 30.3 Å². The summed E-state index contributed by atoms with van der Waals surface area (Å²) in [4.78, 5) is 29.0. The molecule has 10 rings (SSSR count). The molecule has 8 nitrogen and oxygen atoms in total. The van der Waals surface area contributed by atoms with Crippen LogP contribution in [0.4, 0.5) is 0 Å². The molecule has 1 unspecified atom stereocenters. The topological polar surface area (TPSA) is 91.9 Å². The van der Waals surface area contributed by atoms with Crippen LogP contribution in [0.2, 0.25) is 0 Å². The summed E-state index contributed by atoms with van der Waals surface area (Å²) in [6.07, 6.45) is 6.15. The molecule has 2 heterocycles. The predicted octanol–water partition coefficient (Wildman–Crippen LogP) is 10.9. The molecule has 2 aliphatic heterocycles. The maximum Gasteiger partial charge on any atom is 0.252 e. The van der Waals surface area contributed by atoms with Crippen LogP contribution >= 0.6 is 0 Å². The highest BCUT2D eigenvalue weighted by molar-refractivity contribution is 5.98. The quantitative estimate of drug-likeness (QED) is 0.114. The maximum absolute atomic E-state index is 13.4. The molecule has 2 saturated heterocycles. The highest BCUT2D eigenvalue weighted by Crippen LogP contribution is 2.49. The zero-order valence-electron chi connectivity index (χ0n) is 37.5. The average Bonchev–Trinajstić information content (AvgIpc) is 4.18. The third kappa shape index (κ3) is 9.69. The predicted molar refractivity (Wildman–Crippen MR) is 261 cm³/mol. The van der Waals surface area contributed by atoms with Crippen LogP contribution in [0.3, 0.4) is 0 Å². The largest absolute Gasteiger partial charge is 0.492 e. The van der Waals surface area contributed by atoms with Crippen LogP contribution in [0, 0.1) is 25.7 Å². The van der Waals surface area contributed by atoms with Gasteiger partial charge in [0, 0.05) is 29.8 Å². The summed E-state index contributed by atoms with van der Waals surface area (Å²) < 4.78 is 12.2. The molecule has 0 bridgehead atoms. The molecular weight excluding hydrogens is 793 g/mol. The first kappa shape index (κ1) is 44.9. The lowest BCUT2D eigenvalue weighted by molar-refractivity contribution is 0.0921. The summed E-state index contributed by atoms with van der Waals surface area (Å²) in [5.74, 6) is 2.87. The van der Waals surface area contributed by atoms with Gasteiger partial charge in [0.05, 0.1) is 11.1 Å². The number of nitrogens with one attached hydrogen (secondary N) is 3. The Morgan fingerprint density at radius 3 is 1.58 bits per heavy atom. The van der Waals surface area contributed by atoms with E-state index in [1.807, 2.05) is 50.2 Å². The van der Waals surface area contributed by atoms with Gasteiger partial charge in [0.2, 0.25) is 0 Å². The number of benzene rings is 6. The molecule has 8 heteroatoms. The number of nitrogens with zero attached hydrogens (tertiary/aromatic N) is 1. The number of fused-ring (bicyclic) bond motifs is 2. The zero-order chi connectivity index (χ0) is 43.7. The number of hydrogen-bond donors (Lipinski definition) is 3. The first-order valence-corrected chi connectivity index (χ1v) is 23.0. The van der Waals surface area contributed by atoms with Crippen LogP contribution in [0.1, 0.15) is 103 Å². The van der Waals surface area contributed by atoms with Crippen molar-refractivity contribution in [2.24, 2.45) is 11.8 Å². The molecule has 64 heavy (non-hydrogen) atoms. The van der Waals surface area contributed by atoms with Gasteiger partial charge in [0.15, 0.2) is 0 Å². The minimum atomic E-state index is -0.274. The second-order valence-corrected chi connectivity index (χ2v) is 19.1. The van der Waals surface area contributed by atoms with Gasteiger partial charge < -0.3 is 25.4 Å². The number of aryl methyl sites for hydroxylation is 2. The number of likely N-dealkylation sites (N-methyl/N-ethyl adjacent to an activating group) is 1. The smallest absolute Gasteiger partial charge is 0.252 e. The van der Waals surface area contributed by atoms with Crippen LogP contribution in [-0.2, 0) is 11.1 Å². The highest BCUT2D eigenvalue weighted by atomic mass is 16.5. The van der Waals surface area contributed by atoms with Crippen LogP contribution in [0.25, 0.3) is 21.5 Å². The molecule has 3 N–H and O–H groups in total. The van der Waals surface area contributed by atoms with Crippen molar-refractivity contribution in [1.29, 1.82) is 0 Å².